The van der Waals surface area contributed by atoms with Crippen molar-refractivity contribution in [3.8, 4) is 0 Å². The fraction of sp³-hybridized carbons (Fsp3) is 0.368. The molecule has 2 aromatic heterocycles. The highest BCUT2D eigenvalue weighted by Crippen LogP contribution is 2.26. The van der Waals surface area contributed by atoms with Crippen molar-refractivity contribution in [2.24, 2.45) is 5.92 Å². The maximum atomic E-state index is 13.2. The minimum atomic E-state index is -0.558. The fourth-order valence-corrected chi connectivity index (χ4v) is 4.24. The Morgan fingerprint density at radius 3 is 3.07 bits per heavy atom. The van der Waals surface area contributed by atoms with Crippen molar-refractivity contribution < 1.29 is 9.18 Å². The first-order chi connectivity index (χ1) is 13.5. The number of hydrogen-bond donors (Lipinski definition) is 1. The summed E-state index contributed by atoms with van der Waals surface area (Å²) in [4.78, 5) is 32.0. The van der Waals surface area contributed by atoms with E-state index in [1.165, 1.54) is 40.6 Å². The third kappa shape index (κ3) is 3.75. The second kappa shape index (κ2) is 7.67. The van der Waals surface area contributed by atoms with Crippen molar-refractivity contribution in [1.29, 1.82) is 0 Å². The van der Waals surface area contributed by atoms with E-state index >= 15 is 0 Å². The molecule has 0 radical (unpaired) electrons. The molecule has 7 nitrogen and oxygen atoms in total. The number of carbonyl (C=O) groups is 1. The number of nitrogens with one attached hydrogen (secondary N) is 1. The molecule has 0 aliphatic carbocycles. The lowest BCUT2D eigenvalue weighted by Crippen LogP contribution is -2.34. The van der Waals surface area contributed by atoms with Gasteiger partial charge < -0.3 is 10.2 Å². The van der Waals surface area contributed by atoms with Gasteiger partial charge in [0.15, 0.2) is 0 Å². The Labute approximate surface area is 164 Å². The van der Waals surface area contributed by atoms with Gasteiger partial charge in [-0.15, -0.1) is 5.10 Å². The van der Waals surface area contributed by atoms with Gasteiger partial charge in [0, 0.05) is 25.8 Å². The Hall–Kier alpha value is -2.81. The van der Waals surface area contributed by atoms with Crippen LogP contribution >= 0.6 is 11.3 Å². The standard InChI is InChI=1S/C19H20FN5O2S/c1-12-4-3-7-24(11-12)19-23-25-17(27)15(10-22-18(25)28-19)16(26)21-9-13-5-2-6-14(20)8-13/h2,5-6,8,10,12H,3-4,7,9,11H2,1H3,(H,21,26)/t12-/m1/s1. The van der Waals surface area contributed by atoms with Gasteiger partial charge in [0.2, 0.25) is 10.1 Å². The highest BCUT2D eigenvalue weighted by molar-refractivity contribution is 7.20. The predicted molar refractivity (Wildman–Crippen MR) is 105 cm³/mol. The quantitative estimate of drug-likeness (QED) is 0.727. The van der Waals surface area contributed by atoms with Crippen LogP contribution in [0.25, 0.3) is 4.96 Å². The van der Waals surface area contributed by atoms with E-state index in [-0.39, 0.29) is 17.9 Å². The molecule has 0 saturated carbocycles. The second-order valence-electron chi connectivity index (χ2n) is 7.06. The van der Waals surface area contributed by atoms with Crippen LogP contribution in [0.3, 0.4) is 0 Å². The molecular formula is C19H20FN5O2S. The number of piperidine rings is 1. The number of carbonyl (C=O) groups excluding carboxylic acids is 1. The zero-order valence-electron chi connectivity index (χ0n) is 15.4. The average Bonchev–Trinajstić information content (AvgIpc) is 3.12. The Bertz CT molecular complexity index is 1080. The van der Waals surface area contributed by atoms with Gasteiger partial charge in [-0.2, -0.15) is 4.52 Å². The average molecular weight is 401 g/mol. The molecule has 4 rings (SSSR count). The molecule has 146 valence electrons. The smallest absolute Gasteiger partial charge is 0.288 e. The molecule has 3 heterocycles. The molecule has 1 aromatic carbocycles. The first-order valence-electron chi connectivity index (χ1n) is 9.18. The Balaban J connectivity index is 1.55. The van der Waals surface area contributed by atoms with Crippen molar-refractivity contribution in [2.45, 2.75) is 26.3 Å². The zero-order chi connectivity index (χ0) is 19.7. The summed E-state index contributed by atoms with van der Waals surface area (Å²) in [5, 5.41) is 7.77. The number of nitrogens with zero attached hydrogens (tertiary/aromatic N) is 4. The van der Waals surface area contributed by atoms with Crippen LogP contribution in [0.5, 0.6) is 0 Å². The highest BCUT2D eigenvalue weighted by Gasteiger charge is 2.22. The van der Waals surface area contributed by atoms with Crippen LogP contribution in [0.1, 0.15) is 35.7 Å². The molecule has 1 fully saturated rings. The van der Waals surface area contributed by atoms with Gasteiger partial charge in [-0.25, -0.2) is 9.37 Å². The van der Waals surface area contributed by atoms with Gasteiger partial charge in [0.05, 0.1) is 0 Å². The molecule has 0 unspecified atom stereocenters. The van der Waals surface area contributed by atoms with Gasteiger partial charge >= 0.3 is 0 Å². The lowest BCUT2D eigenvalue weighted by Gasteiger charge is -2.30. The van der Waals surface area contributed by atoms with Gasteiger partial charge in [-0.1, -0.05) is 30.4 Å². The normalized spacial score (nSPS) is 17.1. The predicted octanol–water partition coefficient (Wildman–Crippen LogP) is 2.46. The molecule has 1 saturated heterocycles. The molecule has 1 atom stereocenters. The van der Waals surface area contributed by atoms with Crippen LogP contribution in [0, 0.1) is 11.7 Å². The minimum Gasteiger partial charge on any atom is -0.348 e. The Kier molecular flexibility index (Phi) is 5.08. The molecule has 3 aromatic rings. The monoisotopic (exact) mass is 401 g/mol. The molecule has 9 heteroatoms. The van der Waals surface area contributed by atoms with Gasteiger partial charge in [0.1, 0.15) is 11.4 Å². The van der Waals surface area contributed by atoms with Gasteiger partial charge in [-0.3, -0.25) is 9.59 Å². The number of amides is 1. The van der Waals surface area contributed by atoms with E-state index in [4.69, 9.17) is 0 Å². The minimum absolute atomic E-state index is 0.0854. The highest BCUT2D eigenvalue weighted by atomic mass is 32.1. The first-order valence-corrected chi connectivity index (χ1v) is 9.99. The van der Waals surface area contributed by atoms with Gasteiger partial charge in [-0.05, 0) is 36.5 Å². The lowest BCUT2D eigenvalue weighted by molar-refractivity contribution is 0.0948. The number of benzene rings is 1. The second-order valence-corrected chi connectivity index (χ2v) is 8.00. The summed E-state index contributed by atoms with van der Waals surface area (Å²) in [6.45, 7) is 4.12. The van der Waals surface area contributed by atoms with Crippen LogP contribution in [-0.2, 0) is 6.54 Å². The fourth-order valence-electron chi connectivity index (χ4n) is 3.35. The van der Waals surface area contributed by atoms with Gasteiger partial charge in [0.25, 0.3) is 11.5 Å². The van der Waals surface area contributed by atoms with E-state index in [1.807, 2.05) is 0 Å². The van der Waals surface area contributed by atoms with E-state index in [0.717, 1.165) is 24.6 Å². The summed E-state index contributed by atoms with van der Waals surface area (Å²) >= 11 is 1.35. The van der Waals surface area contributed by atoms with Crippen LogP contribution in [0.2, 0.25) is 0 Å². The zero-order valence-corrected chi connectivity index (χ0v) is 16.2. The van der Waals surface area contributed by atoms with Crippen molar-refractivity contribution in [1.82, 2.24) is 19.9 Å². The molecule has 1 amide bonds. The van der Waals surface area contributed by atoms with E-state index in [2.05, 4.69) is 27.2 Å². The molecule has 28 heavy (non-hydrogen) atoms. The van der Waals surface area contributed by atoms with Crippen molar-refractivity contribution in [3.63, 3.8) is 0 Å². The molecular weight excluding hydrogens is 381 g/mol. The van der Waals surface area contributed by atoms with Crippen LogP contribution < -0.4 is 15.8 Å². The van der Waals surface area contributed by atoms with Crippen molar-refractivity contribution in [2.75, 3.05) is 18.0 Å². The summed E-state index contributed by atoms with van der Waals surface area (Å²) in [6.07, 6.45) is 3.56. The molecule has 1 N–H and O–H groups in total. The van der Waals surface area contributed by atoms with Crippen molar-refractivity contribution in [3.05, 3.63) is 57.8 Å². The maximum absolute atomic E-state index is 13.2. The lowest BCUT2D eigenvalue weighted by atomic mass is 10.0. The van der Waals surface area contributed by atoms with Crippen LogP contribution in [0.4, 0.5) is 9.52 Å². The Morgan fingerprint density at radius 1 is 1.43 bits per heavy atom. The van der Waals surface area contributed by atoms with E-state index in [9.17, 15) is 14.0 Å². The number of rotatable bonds is 4. The van der Waals surface area contributed by atoms with E-state index in [0.29, 0.717) is 16.4 Å². The van der Waals surface area contributed by atoms with Crippen LogP contribution in [-0.4, -0.2) is 33.6 Å². The molecule has 1 aliphatic heterocycles. The molecule has 1 aliphatic rings. The first kappa shape index (κ1) is 18.5. The third-order valence-corrected chi connectivity index (χ3v) is 5.77. The maximum Gasteiger partial charge on any atom is 0.288 e. The summed E-state index contributed by atoms with van der Waals surface area (Å²) < 4.78 is 14.4. The summed E-state index contributed by atoms with van der Waals surface area (Å²) in [6, 6.07) is 5.93. The number of halogens is 1. The summed E-state index contributed by atoms with van der Waals surface area (Å²) in [7, 11) is 0. The summed E-state index contributed by atoms with van der Waals surface area (Å²) in [5.74, 6) is -0.358. The van der Waals surface area contributed by atoms with Crippen LogP contribution in [0.15, 0.2) is 35.3 Å². The topological polar surface area (TPSA) is 79.6 Å². The van der Waals surface area contributed by atoms with Crippen molar-refractivity contribution >= 4 is 27.3 Å². The third-order valence-electron chi connectivity index (χ3n) is 4.79. The molecule has 0 spiro atoms. The number of hydrogen-bond acceptors (Lipinski definition) is 6. The Morgan fingerprint density at radius 2 is 2.29 bits per heavy atom. The van der Waals surface area contributed by atoms with E-state index in [1.54, 1.807) is 12.1 Å². The number of fused-ring (bicyclic) bond motifs is 1. The number of anilines is 1. The largest absolute Gasteiger partial charge is 0.348 e. The molecule has 0 bridgehead atoms. The number of aromatic nitrogens is 3. The SMILES string of the molecule is C[C@@H]1CCCN(c2nn3c(=O)c(C(=O)NCc4cccc(F)c4)cnc3s2)C1. The summed E-state index contributed by atoms with van der Waals surface area (Å²) in [5.41, 5.74) is 0.0183. The van der Waals surface area contributed by atoms with E-state index < -0.39 is 11.5 Å².